The van der Waals surface area contributed by atoms with E-state index in [2.05, 4.69) is 169 Å². The van der Waals surface area contributed by atoms with Gasteiger partial charge in [-0.15, -0.1) is 0 Å². The largest absolute Gasteiger partial charge is 0.437 e. The van der Waals surface area contributed by atoms with Crippen LogP contribution >= 0.6 is 0 Å². The van der Waals surface area contributed by atoms with Crippen LogP contribution in [-0.4, -0.2) is 4.98 Å². The zero-order chi connectivity index (χ0) is 30.5. The zero-order valence-corrected chi connectivity index (χ0v) is 25.0. The molecule has 0 saturated carbocycles. The van der Waals surface area contributed by atoms with Crippen LogP contribution in [0.4, 0.5) is 17.2 Å². The number of benzene rings is 7. The van der Waals surface area contributed by atoms with Gasteiger partial charge >= 0.3 is 0 Å². The second kappa shape index (κ2) is 10.8. The van der Waals surface area contributed by atoms with Crippen molar-refractivity contribution in [3.63, 3.8) is 0 Å². The van der Waals surface area contributed by atoms with Gasteiger partial charge in [0.15, 0.2) is 0 Å². The summed E-state index contributed by atoms with van der Waals surface area (Å²) < 4.78 is 6.53. The molecule has 2 heterocycles. The zero-order valence-electron chi connectivity index (χ0n) is 25.0. The first kappa shape index (κ1) is 26.2. The fourth-order valence-electron chi connectivity index (χ4n) is 6.60. The molecule has 9 aromatic rings. The Balaban J connectivity index is 1.24. The van der Waals surface area contributed by atoms with E-state index in [9.17, 15) is 0 Å². The third-order valence-electron chi connectivity index (χ3n) is 8.88. The normalized spacial score (nSPS) is 11.5. The number of nitrogens with zero attached hydrogens (tertiary/aromatic N) is 2. The number of para-hydroxylation sites is 1. The monoisotopic (exact) mass is 588 g/mol. The fourth-order valence-corrected chi connectivity index (χ4v) is 6.60. The van der Waals surface area contributed by atoms with Crippen molar-refractivity contribution in [1.29, 1.82) is 0 Å². The maximum absolute atomic E-state index is 6.53. The first-order valence-electron chi connectivity index (χ1n) is 15.5. The lowest BCUT2D eigenvalue weighted by Gasteiger charge is -2.27. The third kappa shape index (κ3) is 4.41. The lowest BCUT2D eigenvalue weighted by molar-refractivity contribution is 0.658. The van der Waals surface area contributed by atoms with Crippen LogP contribution in [-0.2, 0) is 0 Å². The molecule has 0 N–H and O–H groups in total. The Morgan fingerprint density at radius 2 is 1.09 bits per heavy atom. The number of anilines is 3. The average Bonchev–Trinajstić information content (AvgIpc) is 3.51. The van der Waals surface area contributed by atoms with Crippen molar-refractivity contribution < 1.29 is 4.42 Å². The highest BCUT2D eigenvalue weighted by Crippen LogP contribution is 2.42. The van der Waals surface area contributed by atoms with Crippen LogP contribution in [0.3, 0.4) is 0 Å². The number of fused-ring (bicyclic) bond motifs is 6. The number of rotatable bonds is 5. The molecule has 2 aromatic heterocycles. The second-order valence-corrected chi connectivity index (χ2v) is 11.6. The predicted octanol–water partition coefficient (Wildman–Crippen LogP) is 12.1. The Labute approximate surface area is 266 Å². The average molecular weight is 589 g/mol. The minimum Gasteiger partial charge on any atom is -0.437 e. The number of hydrogen-bond donors (Lipinski definition) is 0. The van der Waals surface area contributed by atoms with Crippen molar-refractivity contribution in [1.82, 2.24) is 4.98 Å². The molecule has 0 unspecified atom stereocenters. The molecule has 0 bridgehead atoms. The predicted molar refractivity (Wildman–Crippen MR) is 192 cm³/mol. The molecule has 0 atom stereocenters. The van der Waals surface area contributed by atoms with Crippen molar-refractivity contribution in [2.75, 3.05) is 4.90 Å². The Morgan fingerprint density at radius 1 is 0.435 bits per heavy atom. The summed E-state index contributed by atoms with van der Waals surface area (Å²) in [6.07, 6.45) is 0. The van der Waals surface area contributed by atoms with Crippen LogP contribution in [0.25, 0.3) is 65.9 Å². The van der Waals surface area contributed by atoms with Gasteiger partial charge in [0.25, 0.3) is 0 Å². The summed E-state index contributed by atoms with van der Waals surface area (Å²) in [6, 6.07) is 59.8. The Hall–Kier alpha value is -6.19. The van der Waals surface area contributed by atoms with Gasteiger partial charge in [-0.05, 0) is 75.3 Å². The number of furan rings is 1. The van der Waals surface area contributed by atoms with E-state index in [-0.39, 0.29) is 0 Å². The Bertz CT molecular complexity index is 2530. The first-order valence-corrected chi connectivity index (χ1v) is 15.5. The number of hydrogen-bond acceptors (Lipinski definition) is 3. The van der Waals surface area contributed by atoms with Crippen molar-refractivity contribution in [3.05, 3.63) is 170 Å². The van der Waals surface area contributed by atoms with E-state index >= 15 is 0 Å². The summed E-state index contributed by atoms with van der Waals surface area (Å²) in [7, 11) is 0. The number of pyridine rings is 1. The van der Waals surface area contributed by atoms with E-state index in [0.29, 0.717) is 5.71 Å². The molecule has 0 radical (unpaired) electrons. The molecular formula is C43H28N2O. The molecule has 46 heavy (non-hydrogen) atoms. The fraction of sp³-hybridized carbons (Fsp3) is 0. The van der Waals surface area contributed by atoms with E-state index < -0.39 is 0 Å². The Morgan fingerprint density at radius 3 is 1.96 bits per heavy atom. The highest BCUT2D eigenvalue weighted by atomic mass is 16.3. The highest BCUT2D eigenvalue weighted by Gasteiger charge is 2.20. The summed E-state index contributed by atoms with van der Waals surface area (Å²) in [5, 5.41) is 6.76. The van der Waals surface area contributed by atoms with Gasteiger partial charge in [-0.2, -0.15) is 4.98 Å². The molecule has 0 fully saturated rings. The van der Waals surface area contributed by atoms with Gasteiger partial charge in [0.2, 0.25) is 5.71 Å². The quantitative estimate of drug-likeness (QED) is 0.200. The van der Waals surface area contributed by atoms with Gasteiger partial charge in [-0.25, -0.2) is 0 Å². The van der Waals surface area contributed by atoms with Crippen molar-refractivity contribution in [2.24, 2.45) is 0 Å². The summed E-state index contributed by atoms with van der Waals surface area (Å²) in [5.41, 5.74) is 8.17. The minimum atomic E-state index is 0.623. The molecule has 216 valence electrons. The molecule has 0 spiro atoms. The van der Waals surface area contributed by atoms with Gasteiger partial charge in [0.05, 0.1) is 5.69 Å². The second-order valence-electron chi connectivity index (χ2n) is 11.6. The van der Waals surface area contributed by atoms with E-state index in [4.69, 9.17) is 9.40 Å². The van der Waals surface area contributed by atoms with Crippen LogP contribution in [0.15, 0.2) is 174 Å². The van der Waals surface area contributed by atoms with Crippen LogP contribution in [0, 0.1) is 0 Å². The van der Waals surface area contributed by atoms with E-state index in [1.807, 2.05) is 6.07 Å². The van der Waals surface area contributed by atoms with Gasteiger partial charge in [-0.3, -0.25) is 4.90 Å². The topological polar surface area (TPSA) is 29.3 Å². The third-order valence-corrected chi connectivity index (χ3v) is 8.88. The molecule has 3 heteroatoms. The van der Waals surface area contributed by atoms with E-state index in [1.165, 1.54) is 21.9 Å². The summed E-state index contributed by atoms with van der Waals surface area (Å²) in [5.74, 6) is 0.788. The van der Waals surface area contributed by atoms with Gasteiger partial charge in [-0.1, -0.05) is 127 Å². The maximum atomic E-state index is 6.53. The van der Waals surface area contributed by atoms with Gasteiger partial charge in [0.1, 0.15) is 11.4 Å². The molecule has 0 aliphatic rings. The summed E-state index contributed by atoms with van der Waals surface area (Å²) in [6.45, 7) is 0. The molecule has 7 aromatic carbocycles. The van der Waals surface area contributed by atoms with Crippen LogP contribution in [0.1, 0.15) is 0 Å². The lowest BCUT2D eigenvalue weighted by atomic mass is 9.98. The Kier molecular flexibility index (Phi) is 6.14. The number of aromatic nitrogens is 1. The van der Waals surface area contributed by atoms with Crippen molar-refractivity contribution in [3.8, 4) is 22.3 Å². The van der Waals surface area contributed by atoms with Crippen LogP contribution in [0.5, 0.6) is 0 Å². The van der Waals surface area contributed by atoms with Crippen molar-refractivity contribution in [2.45, 2.75) is 0 Å². The molecule has 0 aliphatic heterocycles. The molecule has 9 rings (SSSR count). The molecule has 3 nitrogen and oxygen atoms in total. The minimum absolute atomic E-state index is 0.623. The SMILES string of the molecule is c1ccc(-c2ccc(N(c3ccc4c(n3)oc3c5ccccc5ccc43)c3ccccc3-c3ccc4ccccc4c3)cc2)cc1. The standard InChI is InChI=1S/C43H28N2O/c1-2-10-29(11-3-1)31-20-23-35(24-21-31)45(40-17-9-8-15-36(40)34-19-18-30-12-4-5-14-33(30)28-34)41-27-26-39-38-25-22-32-13-6-7-16-37(32)42(38)46-43(39)44-41/h1-28H. The molecule has 0 saturated heterocycles. The molecular weight excluding hydrogens is 560 g/mol. The lowest BCUT2D eigenvalue weighted by Crippen LogP contribution is -2.12. The summed E-state index contributed by atoms with van der Waals surface area (Å²) in [4.78, 5) is 7.44. The van der Waals surface area contributed by atoms with Crippen molar-refractivity contribution >= 4 is 60.8 Å². The van der Waals surface area contributed by atoms with Crippen LogP contribution in [0.2, 0.25) is 0 Å². The maximum Gasteiger partial charge on any atom is 0.229 e. The van der Waals surface area contributed by atoms with Crippen LogP contribution < -0.4 is 4.90 Å². The first-order chi connectivity index (χ1) is 22.8. The van der Waals surface area contributed by atoms with E-state index in [0.717, 1.165) is 55.4 Å². The van der Waals surface area contributed by atoms with E-state index in [1.54, 1.807) is 0 Å². The smallest absolute Gasteiger partial charge is 0.229 e. The van der Waals surface area contributed by atoms with Gasteiger partial charge < -0.3 is 4.42 Å². The van der Waals surface area contributed by atoms with Gasteiger partial charge in [0, 0.05) is 27.4 Å². The highest BCUT2D eigenvalue weighted by molar-refractivity contribution is 6.14. The molecule has 0 amide bonds. The molecule has 0 aliphatic carbocycles. The summed E-state index contributed by atoms with van der Waals surface area (Å²) >= 11 is 0.